The Morgan fingerprint density at radius 3 is 2.58 bits per heavy atom. The molecule has 2 aromatic heterocycles. The van der Waals surface area contributed by atoms with Crippen molar-refractivity contribution in [2.24, 2.45) is 5.92 Å². The van der Waals surface area contributed by atoms with Gasteiger partial charge < -0.3 is 14.6 Å². The van der Waals surface area contributed by atoms with Gasteiger partial charge in [0.15, 0.2) is 5.76 Å². The van der Waals surface area contributed by atoms with Crippen LogP contribution in [-0.4, -0.2) is 42.5 Å². The molecule has 3 rings (SSSR count). The zero-order valence-corrected chi connectivity index (χ0v) is 16.9. The first kappa shape index (κ1) is 22.5. The summed E-state index contributed by atoms with van der Waals surface area (Å²) in [4.78, 5) is 19.3. The molecular formula is C19H27Cl2N3O2. The van der Waals surface area contributed by atoms with Crippen LogP contribution in [0.4, 0.5) is 0 Å². The highest BCUT2D eigenvalue weighted by Crippen LogP contribution is 2.24. The first-order valence-corrected chi connectivity index (χ1v) is 8.64. The number of likely N-dealkylation sites (tertiary alicyclic amines) is 1. The maximum absolute atomic E-state index is 12.8. The van der Waals surface area contributed by atoms with E-state index in [1.54, 1.807) is 6.26 Å². The molecule has 0 unspecified atom stereocenters. The molecule has 1 fully saturated rings. The second-order valence-electron chi connectivity index (χ2n) is 6.43. The molecule has 0 atom stereocenters. The van der Waals surface area contributed by atoms with Gasteiger partial charge in [-0.2, -0.15) is 0 Å². The molecule has 0 bridgehead atoms. The summed E-state index contributed by atoms with van der Waals surface area (Å²) in [5, 5.41) is 3.20. The van der Waals surface area contributed by atoms with Crippen molar-refractivity contribution in [2.75, 3.05) is 26.7 Å². The van der Waals surface area contributed by atoms with E-state index in [0.717, 1.165) is 55.5 Å². The Morgan fingerprint density at radius 2 is 2.00 bits per heavy atom. The number of aromatic nitrogens is 1. The molecule has 3 heterocycles. The number of carbonyl (C=O) groups excluding carboxylic acids is 1. The van der Waals surface area contributed by atoms with Crippen molar-refractivity contribution in [3.8, 4) is 11.5 Å². The summed E-state index contributed by atoms with van der Waals surface area (Å²) in [5.41, 5.74) is 2.21. The van der Waals surface area contributed by atoms with Crippen LogP contribution in [0.25, 0.3) is 11.5 Å². The molecule has 5 nitrogen and oxygen atoms in total. The highest BCUT2D eigenvalue weighted by Gasteiger charge is 2.24. The Morgan fingerprint density at radius 1 is 1.27 bits per heavy atom. The van der Waals surface area contributed by atoms with Crippen molar-refractivity contribution in [2.45, 2.75) is 26.2 Å². The van der Waals surface area contributed by atoms with E-state index in [0.29, 0.717) is 5.56 Å². The van der Waals surface area contributed by atoms with Crippen molar-refractivity contribution in [1.29, 1.82) is 0 Å². The molecule has 1 aliphatic heterocycles. The van der Waals surface area contributed by atoms with Gasteiger partial charge in [0.05, 0.1) is 17.5 Å². The average molecular weight is 400 g/mol. The molecule has 26 heavy (non-hydrogen) atoms. The van der Waals surface area contributed by atoms with E-state index in [4.69, 9.17) is 4.42 Å². The van der Waals surface area contributed by atoms with Gasteiger partial charge in [-0.25, -0.2) is 4.98 Å². The summed E-state index contributed by atoms with van der Waals surface area (Å²) in [5.74, 6) is 1.54. The lowest BCUT2D eigenvalue weighted by Gasteiger charge is -2.32. The number of amides is 1. The van der Waals surface area contributed by atoms with Gasteiger partial charge in [0.2, 0.25) is 0 Å². The lowest BCUT2D eigenvalue weighted by atomic mass is 9.93. The fourth-order valence-corrected chi connectivity index (χ4v) is 3.29. The number of pyridine rings is 1. The molecule has 144 valence electrons. The number of hydrogen-bond acceptors (Lipinski definition) is 4. The van der Waals surface area contributed by atoms with E-state index >= 15 is 0 Å². The molecule has 1 aliphatic rings. The van der Waals surface area contributed by atoms with Gasteiger partial charge in [0.1, 0.15) is 5.69 Å². The fraction of sp³-hybridized carbons (Fsp3) is 0.474. The number of halogens is 2. The molecule has 0 saturated carbocycles. The van der Waals surface area contributed by atoms with E-state index in [1.807, 2.05) is 43.1 Å². The Labute approximate surface area is 167 Å². The van der Waals surface area contributed by atoms with Crippen LogP contribution in [-0.2, 0) is 0 Å². The minimum absolute atomic E-state index is 0. The summed E-state index contributed by atoms with van der Waals surface area (Å²) in [6.07, 6.45) is 5.00. The third-order valence-corrected chi connectivity index (χ3v) is 4.79. The number of rotatable bonds is 5. The molecular weight excluding hydrogens is 373 g/mol. The van der Waals surface area contributed by atoms with Crippen LogP contribution < -0.4 is 5.32 Å². The quantitative estimate of drug-likeness (QED) is 0.826. The van der Waals surface area contributed by atoms with Crippen LogP contribution in [0.15, 0.2) is 34.9 Å². The fourth-order valence-electron chi connectivity index (χ4n) is 3.29. The Balaban J connectivity index is 0.00000169. The first-order valence-electron chi connectivity index (χ1n) is 8.64. The van der Waals surface area contributed by atoms with Gasteiger partial charge in [0, 0.05) is 13.1 Å². The van der Waals surface area contributed by atoms with Crippen molar-refractivity contribution in [1.82, 2.24) is 15.2 Å². The normalized spacial score (nSPS) is 14.5. The van der Waals surface area contributed by atoms with Gasteiger partial charge in [-0.05, 0) is 70.0 Å². The molecule has 7 heteroatoms. The first-order chi connectivity index (χ1) is 11.7. The predicted octanol–water partition coefficient (Wildman–Crippen LogP) is 3.96. The van der Waals surface area contributed by atoms with E-state index in [2.05, 4.69) is 10.3 Å². The van der Waals surface area contributed by atoms with Crippen LogP contribution in [0.2, 0.25) is 0 Å². The molecule has 0 aromatic carbocycles. The Bertz CT molecular complexity index is 684. The maximum Gasteiger partial charge on any atom is 0.255 e. The minimum Gasteiger partial charge on any atom is -0.463 e. The van der Waals surface area contributed by atoms with Crippen LogP contribution in [0.1, 0.15) is 35.3 Å². The van der Waals surface area contributed by atoms with Crippen LogP contribution >= 0.6 is 24.8 Å². The van der Waals surface area contributed by atoms with Crippen molar-refractivity contribution >= 4 is 30.7 Å². The molecule has 1 saturated heterocycles. The van der Waals surface area contributed by atoms with E-state index in [9.17, 15) is 4.79 Å². The topological polar surface area (TPSA) is 58.4 Å². The van der Waals surface area contributed by atoms with Crippen LogP contribution in [0.3, 0.4) is 0 Å². The average Bonchev–Trinajstić information content (AvgIpc) is 3.14. The predicted molar refractivity (Wildman–Crippen MR) is 108 cm³/mol. The Hall–Kier alpha value is -1.56. The summed E-state index contributed by atoms with van der Waals surface area (Å²) < 4.78 is 5.37. The smallest absolute Gasteiger partial charge is 0.255 e. The van der Waals surface area contributed by atoms with Crippen LogP contribution in [0, 0.1) is 12.8 Å². The van der Waals surface area contributed by atoms with Crippen molar-refractivity contribution < 1.29 is 9.21 Å². The van der Waals surface area contributed by atoms with Gasteiger partial charge in [-0.1, -0.05) is 0 Å². The number of nitrogens with one attached hydrogen (secondary N) is 1. The summed E-state index contributed by atoms with van der Waals surface area (Å²) in [6.45, 7) is 4.62. The number of carbonyl (C=O) groups is 1. The lowest BCUT2D eigenvalue weighted by molar-refractivity contribution is 0.0686. The van der Waals surface area contributed by atoms with E-state index in [1.165, 1.54) is 6.42 Å². The lowest BCUT2D eigenvalue weighted by Crippen LogP contribution is -2.39. The third-order valence-electron chi connectivity index (χ3n) is 4.79. The van der Waals surface area contributed by atoms with E-state index in [-0.39, 0.29) is 30.7 Å². The monoisotopic (exact) mass is 399 g/mol. The minimum atomic E-state index is 0. The molecule has 0 radical (unpaired) electrons. The third kappa shape index (κ3) is 5.22. The van der Waals surface area contributed by atoms with Gasteiger partial charge >= 0.3 is 0 Å². The summed E-state index contributed by atoms with van der Waals surface area (Å²) >= 11 is 0. The van der Waals surface area contributed by atoms with Crippen molar-refractivity contribution in [3.05, 3.63) is 41.8 Å². The zero-order chi connectivity index (χ0) is 16.9. The summed E-state index contributed by atoms with van der Waals surface area (Å²) in [7, 11) is 1.99. The Kier molecular flexibility index (Phi) is 9.13. The zero-order valence-electron chi connectivity index (χ0n) is 15.2. The van der Waals surface area contributed by atoms with Gasteiger partial charge in [-0.15, -0.1) is 24.8 Å². The SMILES string of the molecule is CNCCC1CCN(C(=O)c2ccc(-c3ccco3)nc2C)CC1.Cl.Cl. The molecule has 1 amide bonds. The maximum atomic E-state index is 12.8. The molecule has 2 aromatic rings. The van der Waals surface area contributed by atoms with Gasteiger partial charge in [0.25, 0.3) is 5.91 Å². The number of furan rings is 1. The number of piperidine rings is 1. The van der Waals surface area contributed by atoms with Gasteiger partial charge in [-0.3, -0.25) is 4.79 Å². The standard InChI is InChI=1S/C19H25N3O2.2ClH/c1-14-16(5-6-17(21-14)18-4-3-13-24-18)19(23)22-11-8-15(9-12-22)7-10-20-2;;/h3-6,13,15,20H,7-12H2,1-2H3;2*1H. The molecule has 0 aliphatic carbocycles. The number of nitrogens with zero attached hydrogens (tertiary/aromatic N) is 2. The number of hydrogen-bond donors (Lipinski definition) is 1. The second kappa shape index (κ2) is 10.6. The number of aryl methyl sites for hydroxylation is 1. The van der Waals surface area contributed by atoms with Crippen molar-refractivity contribution in [3.63, 3.8) is 0 Å². The summed E-state index contributed by atoms with van der Waals surface area (Å²) in [6, 6.07) is 7.44. The molecule has 0 spiro atoms. The second-order valence-corrected chi connectivity index (χ2v) is 6.43. The van der Waals surface area contributed by atoms with Crippen LogP contribution in [0.5, 0.6) is 0 Å². The molecule has 1 N–H and O–H groups in total. The largest absolute Gasteiger partial charge is 0.463 e. The van der Waals surface area contributed by atoms with E-state index < -0.39 is 0 Å². The highest BCUT2D eigenvalue weighted by atomic mass is 35.5. The highest BCUT2D eigenvalue weighted by molar-refractivity contribution is 5.95.